The number of aliphatic hydroxyl groups excluding tert-OH is 1. The summed E-state index contributed by atoms with van der Waals surface area (Å²) in [5, 5.41) is 29.4. The highest BCUT2D eigenvalue weighted by atomic mass is 32.2. The summed E-state index contributed by atoms with van der Waals surface area (Å²) >= 11 is 0. The predicted octanol–water partition coefficient (Wildman–Crippen LogP) is 1.89. The summed E-state index contributed by atoms with van der Waals surface area (Å²) < 4.78 is 33.4. The van der Waals surface area contributed by atoms with Gasteiger partial charge in [-0.1, -0.05) is 37.5 Å². The number of nitrogens with zero attached hydrogens (tertiary/aromatic N) is 1. The van der Waals surface area contributed by atoms with Gasteiger partial charge in [-0.2, -0.15) is 4.72 Å². The minimum Gasteiger partial charge on any atom is -0.439 e. The Labute approximate surface area is 194 Å². The maximum absolute atomic E-state index is 12.8. The Balaban J connectivity index is 1.67. The fraction of sp³-hybridized carbons (Fsp3) is 0.455. The van der Waals surface area contributed by atoms with Gasteiger partial charge >= 0.3 is 7.12 Å². The molecule has 9 nitrogen and oxygen atoms in total. The molecule has 33 heavy (non-hydrogen) atoms. The van der Waals surface area contributed by atoms with Crippen molar-refractivity contribution < 1.29 is 33.1 Å². The van der Waals surface area contributed by atoms with Gasteiger partial charge in [0.1, 0.15) is 16.7 Å². The van der Waals surface area contributed by atoms with E-state index in [1.165, 1.54) is 19.1 Å². The molecule has 0 spiro atoms. The van der Waals surface area contributed by atoms with Crippen LogP contribution >= 0.6 is 0 Å². The molecule has 3 rings (SSSR count). The van der Waals surface area contributed by atoms with Crippen molar-refractivity contribution in [3.63, 3.8) is 0 Å². The molecule has 1 aromatic heterocycles. The summed E-state index contributed by atoms with van der Waals surface area (Å²) in [6.07, 6.45) is 3.01. The lowest BCUT2D eigenvalue weighted by Gasteiger charge is -2.30. The molecular weight excluding hydrogens is 447 g/mol. The van der Waals surface area contributed by atoms with Crippen LogP contribution in [0.4, 0.5) is 0 Å². The molecular formula is C22H29BN2O7S. The van der Waals surface area contributed by atoms with Crippen molar-refractivity contribution in [3.05, 3.63) is 48.7 Å². The zero-order valence-electron chi connectivity index (χ0n) is 18.4. The highest BCUT2D eigenvalue weighted by Crippen LogP contribution is 2.36. The molecule has 1 heterocycles. The molecule has 1 saturated carbocycles. The SMILES string of the molecule is C[C@H](O)[C@H](NS(=O)(=O)c1ccc(Oc2ccccc2)nc1)C(=O)C[C@@H](CC1CCC1)B(O)O. The Morgan fingerprint density at radius 2 is 1.91 bits per heavy atom. The maximum Gasteiger partial charge on any atom is 0.455 e. The molecule has 0 amide bonds. The number of ether oxygens (including phenoxy) is 1. The van der Waals surface area contributed by atoms with E-state index in [1.807, 2.05) is 6.07 Å². The van der Waals surface area contributed by atoms with Crippen LogP contribution in [0.3, 0.4) is 0 Å². The van der Waals surface area contributed by atoms with E-state index in [9.17, 15) is 28.4 Å². The number of carbonyl (C=O) groups excluding carboxylic acids is 1. The van der Waals surface area contributed by atoms with E-state index in [0.29, 0.717) is 18.1 Å². The second-order valence-corrected chi connectivity index (χ2v) is 10.2. The molecule has 4 N–H and O–H groups in total. The number of Topliss-reactive ketones (excluding diaryl/α,β-unsaturated/α-hetero) is 1. The Bertz CT molecular complexity index is 1010. The molecule has 1 fully saturated rings. The fourth-order valence-electron chi connectivity index (χ4n) is 3.72. The number of aliphatic hydroxyl groups is 1. The summed E-state index contributed by atoms with van der Waals surface area (Å²) in [6.45, 7) is 1.30. The first-order valence-electron chi connectivity index (χ1n) is 10.9. The van der Waals surface area contributed by atoms with Crippen molar-refractivity contribution in [3.8, 4) is 11.6 Å². The Morgan fingerprint density at radius 3 is 2.42 bits per heavy atom. The minimum atomic E-state index is -4.19. The number of para-hydroxylation sites is 1. The fourth-order valence-corrected chi connectivity index (χ4v) is 4.95. The molecule has 0 saturated heterocycles. The average Bonchev–Trinajstić information content (AvgIpc) is 2.74. The summed E-state index contributed by atoms with van der Waals surface area (Å²) in [5.74, 6) is -0.262. The van der Waals surface area contributed by atoms with E-state index < -0.39 is 40.9 Å². The standard InChI is InChI=1S/C22H29BN2O7S/c1-15(26)22(20(27)13-17(23(28)29)12-16-6-5-7-16)25-33(30,31)19-10-11-21(24-14-19)32-18-8-3-2-4-9-18/h2-4,8-11,14-17,22,25-26,28-29H,5-7,12-13H2,1H3/t15-,17+,22-/m0/s1. The van der Waals surface area contributed by atoms with Crippen LogP contribution in [0.2, 0.25) is 5.82 Å². The van der Waals surface area contributed by atoms with E-state index in [2.05, 4.69) is 9.71 Å². The quantitative estimate of drug-likeness (QED) is 0.340. The van der Waals surface area contributed by atoms with E-state index >= 15 is 0 Å². The van der Waals surface area contributed by atoms with Gasteiger partial charge in [0.2, 0.25) is 15.9 Å². The van der Waals surface area contributed by atoms with Crippen molar-refractivity contribution in [2.75, 3.05) is 0 Å². The third-order valence-corrected chi connectivity index (χ3v) is 7.27. The first kappa shape index (κ1) is 25.3. The largest absolute Gasteiger partial charge is 0.455 e. The maximum atomic E-state index is 12.8. The van der Waals surface area contributed by atoms with Crippen molar-refractivity contribution in [1.82, 2.24) is 9.71 Å². The monoisotopic (exact) mass is 476 g/mol. The lowest BCUT2D eigenvalue weighted by molar-refractivity contribution is -0.123. The van der Waals surface area contributed by atoms with E-state index in [4.69, 9.17) is 4.74 Å². The second kappa shape index (κ2) is 11.2. The minimum absolute atomic E-state index is 0.194. The lowest BCUT2D eigenvalue weighted by atomic mass is 9.63. The van der Waals surface area contributed by atoms with Gasteiger partial charge in [0.15, 0.2) is 5.78 Å². The molecule has 1 aliphatic carbocycles. The highest BCUT2D eigenvalue weighted by Gasteiger charge is 2.36. The number of rotatable bonds is 12. The highest BCUT2D eigenvalue weighted by molar-refractivity contribution is 7.89. The molecule has 0 bridgehead atoms. The predicted molar refractivity (Wildman–Crippen MR) is 122 cm³/mol. The van der Waals surface area contributed by atoms with Crippen LogP contribution < -0.4 is 9.46 Å². The molecule has 0 unspecified atom stereocenters. The number of hydrogen-bond donors (Lipinski definition) is 4. The molecule has 1 aromatic carbocycles. The zero-order chi connectivity index (χ0) is 24.0. The molecule has 0 aliphatic heterocycles. The molecule has 11 heteroatoms. The molecule has 2 aromatic rings. The van der Waals surface area contributed by atoms with Crippen LogP contribution in [0.25, 0.3) is 0 Å². The average molecular weight is 476 g/mol. The summed E-state index contributed by atoms with van der Waals surface area (Å²) in [6, 6.07) is 10.1. The van der Waals surface area contributed by atoms with Crippen LogP contribution in [0.15, 0.2) is 53.6 Å². The van der Waals surface area contributed by atoms with Gasteiger partial charge < -0.3 is 19.9 Å². The van der Waals surface area contributed by atoms with Gasteiger partial charge in [0, 0.05) is 18.3 Å². The van der Waals surface area contributed by atoms with Crippen molar-refractivity contribution in [2.45, 2.75) is 61.9 Å². The van der Waals surface area contributed by atoms with Gasteiger partial charge in [0.05, 0.1) is 12.3 Å². The van der Waals surface area contributed by atoms with E-state index in [0.717, 1.165) is 25.5 Å². The Kier molecular flexibility index (Phi) is 8.60. The Morgan fingerprint density at radius 1 is 1.21 bits per heavy atom. The smallest absolute Gasteiger partial charge is 0.439 e. The topological polar surface area (TPSA) is 146 Å². The van der Waals surface area contributed by atoms with Crippen LogP contribution in [0.1, 0.15) is 39.0 Å². The van der Waals surface area contributed by atoms with Gasteiger partial charge in [-0.05, 0) is 37.5 Å². The van der Waals surface area contributed by atoms with E-state index in [1.54, 1.807) is 24.3 Å². The van der Waals surface area contributed by atoms with Gasteiger partial charge in [-0.3, -0.25) is 4.79 Å². The van der Waals surface area contributed by atoms with Gasteiger partial charge in [0.25, 0.3) is 0 Å². The number of benzene rings is 1. The first-order chi connectivity index (χ1) is 15.7. The van der Waals surface area contributed by atoms with Crippen molar-refractivity contribution in [2.24, 2.45) is 5.92 Å². The summed E-state index contributed by atoms with van der Waals surface area (Å²) in [5.41, 5.74) is 0. The molecule has 0 radical (unpaired) electrons. The van der Waals surface area contributed by atoms with E-state index in [-0.39, 0.29) is 17.2 Å². The molecule has 1 aliphatic rings. The van der Waals surface area contributed by atoms with Crippen LogP contribution in [-0.2, 0) is 14.8 Å². The van der Waals surface area contributed by atoms with Crippen LogP contribution in [-0.4, -0.2) is 53.6 Å². The van der Waals surface area contributed by atoms with Crippen LogP contribution in [0.5, 0.6) is 11.6 Å². The van der Waals surface area contributed by atoms with Crippen LogP contribution in [0, 0.1) is 5.92 Å². The summed E-state index contributed by atoms with van der Waals surface area (Å²) in [7, 11) is -5.88. The Hall–Kier alpha value is -2.31. The number of aromatic nitrogens is 1. The number of hydrogen-bond acceptors (Lipinski definition) is 8. The zero-order valence-corrected chi connectivity index (χ0v) is 19.2. The third kappa shape index (κ3) is 7.09. The van der Waals surface area contributed by atoms with Crippen molar-refractivity contribution in [1.29, 1.82) is 0 Å². The lowest BCUT2D eigenvalue weighted by Crippen LogP contribution is -2.48. The number of ketones is 1. The second-order valence-electron chi connectivity index (χ2n) is 8.46. The molecule has 3 atom stereocenters. The summed E-state index contributed by atoms with van der Waals surface area (Å²) in [4.78, 5) is 16.6. The number of pyridine rings is 1. The van der Waals surface area contributed by atoms with Gasteiger partial charge in [-0.25, -0.2) is 13.4 Å². The van der Waals surface area contributed by atoms with Crippen molar-refractivity contribution >= 4 is 22.9 Å². The first-order valence-corrected chi connectivity index (χ1v) is 12.4. The van der Waals surface area contributed by atoms with Gasteiger partial charge in [-0.15, -0.1) is 0 Å². The number of carbonyl (C=O) groups is 1. The third-order valence-electron chi connectivity index (χ3n) is 5.84. The number of sulfonamides is 1. The molecule has 178 valence electrons. The normalized spacial score (nSPS) is 17.0. The number of nitrogens with one attached hydrogen (secondary N) is 1.